The summed E-state index contributed by atoms with van der Waals surface area (Å²) in [5, 5.41) is 2.92. The van der Waals surface area contributed by atoms with Crippen LogP contribution in [0, 0.1) is 5.92 Å². The second-order valence-electron chi connectivity index (χ2n) is 4.99. The largest absolute Gasteiger partial charge is 0.467 e. The van der Waals surface area contributed by atoms with Crippen molar-refractivity contribution < 1.29 is 4.74 Å². The van der Waals surface area contributed by atoms with Crippen molar-refractivity contribution in [1.29, 1.82) is 0 Å². The molecule has 0 aromatic carbocycles. The highest BCUT2D eigenvalue weighted by molar-refractivity contribution is 5.37. The third kappa shape index (κ3) is 3.44. The van der Waals surface area contributed by atoms with Gasteiger partial charge in [-0.05, 0) is 25.9 Å². The number of likely N-dealkylation sites (tertiary alicyclic amines) is 1. The van der Waals surface area contributed by atoms with Gasteiger partial charge in [-0.25, -0.2) is 0 Å². The van der Waals surface area contributed by atoms with Crippen LogP contribution in [0.3, 0.4) is 0 Å². The first kappa shape index (κ1) is 13.8. The number of ether oxygens (including phenoxy) is 1. The molecule has 1 aromatic rings. The molecule has 0 aliphatic carbocycles. The minimum atomic E-state index is 0.338. The van der Waals surface area contributed by atoms with Crippen LogP contribution < -0.4 is 15.0 Å². The van der Waals surface area contributed by atoms with E-state index in [1.165, 1.54) is 13.0 Å². The molecule has 1 saturated heterocycles. The lowest BCUT2D eigenvalue weighted by Gasteiger charge is -2.21. The maximum Gasteiger partial charge on any atom is 0.322 e. The van der Waals surface area contributed by atoms with Gasteiger partial charge in [0.1, 0.15) is 0 Å². The van der Waals surface area contributed by atoms with E-state index in [2.05, 4.69) is 37.1 Å². The van der Waals surface area contributed by atoms with Crippen molar-refractivity contribution in [3.63, 3.8) is 0 Å². The first-order valence-corrected chi connectivity index (χ1v) is 6.50. The van der Waals surface area contributed by atoms with E-state index in [0.29, 0.717) is 23.8 Å². The van der Waals surface area contributed by atoms with Crippen molar-refractivity contribution in [2.24, 2.45) is 5.92 Å². The van der Waals surface area contributed by atoms with Crippen molar-refractivity contribution in [1.82, 2.24) is 19.9 Å². The Morgan fingerprint density at radius 3 is 2.79 bits per heavy atom. The summed E-state index contributed by atoms with van der Waals surface area (Å²) >= 11 is 0. The Hall–Kier alpha value is -1.63. The predicted molar refractivity (Wildman–Crippen MR) is 74.8 cm³/mol. The van der Waals surface area contributed by atoms with Crippen LogP contribution in [0.15, 0.2) is 0 Å². The molecule has 106 valence electrons. The number of hydrogen-bond acceptors (Lipinski definition) is 7. The average Bonchev–Trinajstić information content (AvgIpc) is 2.83. The Kier molecular flexibility index (Phi) is 4.36. The average molecular weight is 266 g/mol. The minimum Gasteiger partial charge on any atom is -0.467 e. The molecule has 1 N–H and O–H groups in total. The molecule has 0 amide bonds. The van der Waals surface area contributed by atoms with E-state index in [4.69, 9.17) is 4.74 Å². The zero-order valence-corrected chi connectivity index (χ0v) is 12.1. The summed E-state index contributed by atoms with van der Waals surface area (Å²) in [5.74, 6) is 1.83. The van der Waals surface area contributed by atoms with Crippen molar-refractivity contribution >= 4 is 11.9 Å². The van der Waals surface area contributed by atoms with Gasteiger partial charge in [-0.15, -0.1) is 0 Å². The van der Waals surface area contributed by atoms with E-state index in [0.717, 1.165) is 13.1 Å². The van der Waals surface area contributed by atoms with Gasteiger partial charge in [0.15, 0.2) is 0 Å². The molecular weight excluding hydrogens is 244 g/mol. The van der Waals surface area contributed by atoms with Gasteiger partial charge in [-0.3, -0.25) is 0 Å². The summed E-state index contributed by atoms with van der Waals surface area (Å²) < 4.78 is 5.10. The summed E-state index contributed by atoms with van der Waals surface area (Å²) in [5.41, 5.74) is 0. The van der Waals surface area contributed by atoms with Gasteiger partial charge in [-0.1, -0.05) is 0 Å². The van der Waals surface area contributed by atoms with Gasteiger partial charge in [0.25, 0.3) is 0 Å². The van der Waals surface area contributed by atoms with Crippen molar-refractivity contribution in [2.75, 3.05) is 58.1 Å². The molecule has 1 fully saturated rings. The molecule has 7 nitrogen and oxygen atoms in total. The van der Waals surface area contributed by atoms with E-state index < -0.39 is 0 Å². The van der Waals surface area contributed by atoms with Crippen LogP contribution in [0.5, 0.6) is 6.01 Å². The molecule has 1 aliphatic heterocycles. The molecule has 2 rings (SSSR count). The minimum absolute atomic E-state index is 0.338. The van der Waals surface area contributed by atoms with E-state index >= 15 is 0 Å². The highest BCUT2D eigenvalue weighted by atomic mass is 16.5. The molecule has 19 heavy (non-hydrogen) atoms. The van der Waals surface area contributed by atoms with Gasteiger partial charge >= 0.3 is 6.01 Å². The predicted octanol–water partition coefficient (Wildman–Crippen LogP) is 0.310. The fourth-order valence-electron chi connectivity index (χ4n) is 2.36. The maximum absolute atomic E-state index is 5.10. The number of hydrogen-bond donors (Lipinski definition) is 1. The first-order chi connectivity index (χ1) is 9.12. The molecule has 1 unspecified atom stereocenters. The summed E-state index contributed by atoms with van der Waals surface area (Å²) in [6.45, 7) is 3.24. The lowest BCUT2D eigenvalue weighted by molar-refractivity contribution is 0.377. The molecule has 0 radical (unpaired) electrons. The third-order valence-electron chi connectivity index (χ3n) is 3.37. The second-order valence-corrected chi connectivity index (χ2v) is 4.99. The highest BCUT2D eigenvalue weighted by Gasteiger charge is 2.22. The lowest BCUT2D eigenvalue weighted by Crippen LogP contribution is -2.29. The van der Waals surface area contributed by atoms with E-state index in [9.17, 15) is 0 Å². The Labute approximate surface area is 114 Å². The van der Waals surface area contributed by atoms with Gasteiger partial charge in [0.2, 0.25) is 11.9 Å². The van der Waals surface area contributed by atoms with Crippen LogP contribution in [0.4, 0.5) is 11.9 Å². The third-order valence-corrected chi connectivity index (χ3v) is 3.37. The van der Waals surface area contributed by atoms with Crippen LogP contribution in [-0.4, -0.2) is 67.7 Å². The van der Waals surface area contributed by atoms with Crippen molar-refractivity contribution in [3.05, 3.63) is 0 Å². The summed E-state index contributed by atoms with van der Waals surface area (Å²) in [6, 6.07) is 0.338. The molecule has 2 heterocycles. The topological polar surface area (TPSA) is 66.4 Å². The Morgan fingerprint density at radius 1 is 1.42 bits per heavy atom. The number of nitrogens with one attached hydrogen (secondary N) is 1. The number of nitrogens with zero attached hydrogens (tertiary/aromatic N) is 5. The van der Waals surface area contributed by atoms with E-state index in [1.54, 1.807) is 14.2 Å². The lowest BCUT2D eigenvalue weighted by atomic mass is 10.1. The highest BCUT2D eigenvalue weighted by Crippen LogP contribution is 2.19. The Bertz CT molecular complexity index is 404. The number of methoxy groups -OCH3 is 1. The fourth-order valence-corrected chi connectivity index (χ4v) is 2.36. The Morgan fingerprint density at radius 2 is 2.21 bits per heavy atom. The maximum atomic E-state index is 5.10. The fraction of sp³-hybridized carbons (Fsp3) is 0.750. The quantitative estimate of drug-likeness (QED) is 0.822. The van der Waals surface area contributed by atoms with Crippen LogP contribution in [0.25, 0.3) is 0 Å². The molecule has 1 aromatic heterocycles. The SMILES string of the molecule is CNc1nc(OC)nc(N(C)CC2CCN(C)C2)n1. The molecule has 1 atom stereocenters. The van der Waals surface area contributed by atoms with Crippen LogP contribution in [0.2, 0.25) is 0 Å². The van der Waals surface area contributed by atoms with Gasteiger partial charge in [0, 0.05) is 27.2 Å². The molecule has 0 spiro atoms. The van der Waals surface area contributed by atoms with Crippen molar-refractivity contribution in [3.8, 4) is 6.01 Å². The molecule has 7 heteroatoms. The number of rotatable bonds is 5. The van der Waals surface area contributed by atoms with Gasteiger partial charge in [0.05, 0.1) is 7.11 Å². The molecule has 1 aliphatic rings. The second kappa shape index (κ2) is 6.01. The monoisotopic (exact) mass is 266 g/mol. The van der Waals surface area contributed by atoms with Crippen LogP contribution in [-0.2, 0) is 0 Å². The Balaban J connectivity index is 2.07. The van der Waals surface area contributed by atoms with Crippen LogP contribution in [0.1, 0.15) is 6.42 Å². The standard InChI is InChI=1S/C12H22N6O/c1-13-10-14-11(16-12(15-10)19-4)18(3)8-9-5-6-17(2)7-9/h9H,5-8H2,1-4H3,(H,13,14,15,16). The summed E-state index contributed by atoms with van der Waals surface area (Å²) in [7, 11) is 7.51. The van der Waals surface area contributed by atoms with Gasteiger partial charge < -0.3 is 19.9 Å². The van der Waals surface area contributed by atoms with E-state index in [-0.39, 0.29) is 0 Å². The van der Waals surface area contributed by atoms with Gasteiger partial charge in [-0.2, -0.15) is 15.0 Å². The van der Waals surface area contributed by atoms with E-state index in [1.807, 2.05) is 7.05 Å². The molecule has 0 bridgehead atoms. The first-order valence-electron chi connectivity index (χ1n) is 6.50. The normalized spacial score (nSPS) is 19.5. The molecule has 0 saturated carbocycles. The number of aromatic nitrogens is 3. The summed E-state index contributed by atoms with van der Waals surface area (Å²) in [4.78, 5) is 17.2. The zero-order valence-electron chi connectivity index (χ0n) is 12.1. The number of anilines is 2. The smallest absolute Gasteiger partial charge is 0.322 e. The summed E-state index contributed by atoms with van der Waals surface area (Å²) in [6.07, 6.45) is 1.22. The van der Waals surface area contributed by atoms with Crippen LogP contribution >= 0.6 is 0 Å². The molecular formula is C12H22N6O. The van der Waals surface area contributed by atoms with Crippen molar-refractivity contribution in [2.45, 2.75) is 6.42 Å². The zero-order chi connectivity index (χ0) is 13.8.